The van der Waals surface area contributed by atoms with Crippen LogP contribution in [0, 0.1) is 0 Å². The lowest BCUT2D eigenvalue weighted by atomic mass is 9.90. The monoisotopic (exact) mass is 382 g/mol. The van der Waals surface area contributed by atoms with Crippen LogP contribution in [0.5, 0.6) is 5.75 Å². The second-order valence-corrected chi connectivity index (χ2v) is 7.15. The predicted molar refractivity (Wildman–Crippen MR) is 107 cm³/mol. The van der Waals surface area contributed by atoms with Gasteiger partial charge >= 0.3 is 0 Å². The maximum atomic E-state index is 12.0. The summed E-state index contributed by atoms with van der Waals surface area (Å²) in [4.78, 5) is 24.2. The zero-order valence-electron chi connectivity index (χ0n) is 16.4. The van der Waals surface area contributed by atoms with E-state index >= 15 is 0 Å². The van der Waals surface area contributed by atoms with Gasteiger partial charge in [-0.3, -0.25) is 14.8 Å². The third-order valence-corrected chi connectivity index (χ3v) is 4.41. The molecule has 2 aromatic rings. The number of aromatic nitrogens is 2. The number of para-hydroxylation sites is 1. The van der Waals surface area contributed by atoms with Crippen molar-refractivity contribution in [1.82, 2.24) is 25.9 Å². The highest BCUT2D eigenvalue weighted by atomic mass is 16.5. The molecule has 28 heavy (non-hydrogen) atoms. The normalized spacial score (nSPS) is 17.8. The largest absolute Gasteiger partial charge is 0.487 e. The van der Waals surface area contributed by atoms with Gasteiger partial charge in [-0.05, 0) is 19.9 Å². The lowest BCUT2D eigenvalue weighted by Gasteiger charge is -2.38. The molecule has 1 aliphatic heterocycles. The molecule has 2 heterocycles. The first-order valence-electron chi connectivity index (χ1n) is 9.28. The van der Waals surface area contributed by atoms with Gasteiger partial charge in [0.15, 0.2) is 5.96 Å². The van der Waals surface area contributed by atoms with Crippen LogP contribution in [-0.4, -0.2) is 47.6 Å². The summed E-state index contributed by atoms with van der Waals surface area (Å²) in [5.74, 6) is 1.31. The molecular formula is C20H26N6O2. The number of fused-ring (bicyclic) bond motifs is 1. The van der Waals surface area contributed by atoms with Crippen LogP contribution in [0.4, 0.5) is 0 Å². The van der Waals surface area contributed by atoms with Crippen molar-refractivity contribution in [2.24, 2.45) is 4.99 Å². The molecule has 1 aromatic carbocycles. The van der Waals surface area contributed by atoms with Crippen LogP contribution in [0.15, 0.2) is 47.8 Å². The zero-order valence-corrected chi connectivity index (χ0v) is 16.4. The molecule has 0 bridgehead atoms. The van der Waals surface area contributed by atoms with Crippen molar-refractivity contribution in [3.63, 3.8) is 0 Å². The van der Waals surface area contributed by atoms with E-state index in [1.54, 1.807) is 7.05 Å². The molecule has 3 N–H and O–H groups in total. The van der Waals surface area contributed by atoms with Crippen LogP contribution in [0.1, 0.15) is 42.4 Å². The molecule has 8 heteroatoms. The molecule has 8 nitrogen and oxygen atoms in total. The minimum atomic E-state index is -0.268. The first-order valence-corrected chi connectivity index (χ1v) is 9.28. The number of hydrogen-bond acceptors (Lipinski definition) is 5. The molecule has 1 amide bonds. The van der Waals surface area contributed by atoms with E-state index in [9.17, 15) is 4.79 Å². The van der Waals surface area contributed by atoms with Crippen LogP contribution < -0.4 is 20.7 Å². The van der Waals surface area contributed by atoms with Crippen LogP contribution in [0.2, 0.25) is 0 Å². The Morgan fingerprint density at radius 3 is 2.79 bits per heavy atom. The van der Waals surface area contributed by atoms with E-state index in [-0.39, 0.29) is 17.6 Å². The number of hydrogen-bond donors (Lipinski definition) is 3. The third kappa shape index (κ3) is 4.97. The number of carbonyl (C=O) groups is 1. The SMILES string of the molecule is CN=C(NCCNC(=O)c1cnccn1)NC1CC(C)(C)Oc2ccccc21. The van der Waals surface area contributed by atoms with E-state index in [0.29, 0.717) is 24.7 Å². The van der Waals surface area contributed by atoms with Crippen molar-refractivity contribution in [1.29, 1.82) is 0 Å². The maximum Gasteiger partial charge on any atom is 0.271 e. The first kappa shape index (κ1) is 19.6. The Labute approximate surface area is 164 Å². The fourth-order valence-electron chi connectivity index (χ4n) is 3.15. The quantitative estimate of drug-likeness (QED) is 0.413. The molecule has 1 unspecified atom stereocenters. The number of nitrogens with one attached hydrogen (secondary N) is 3. The third-order valence-electron chi connectivity index (χ3n) is 4.41. The number of aliphatic imine (C=N–C) groups is 1. The molecule has 1 aliphatic rings. The Morgan fingerprint density at radius 1 is 1.25 bits per heavy atom. The second kappa shape index (κ2) is 8.69. The van der Waals surface area contributed by atoms with E-state index in [2.05, 4.69) is 50.8 Å². The van der Waals surface area contributed by atoms with Crippen molar-refractivity contribution < 1.29 is 9.53 Å². The highest BCUT2D eigenvalue weighted by Crippen LogP contribution is 2.39. The molecule has 0 saturated carbocycles. The summed E-state index contributed by atoms with van der Waals surface area (Å²) in [7, 11) is 1.73. The van der Waals surface area contributed by atoms with Gasteiger partial charge in [0.05, 0.1) is 12.2 Å². The van der Waals surface area contributed by atoms with Gasteiger partial charge in [-0.15, -0.1) is 0 Å². The van der Waals surface area contributed by atoms with E-state index in [4.69, 9.17) is 4.74 Å². The van der Waals surface area contributed by atoms with Crippen LogP contribution >= 0.6 is 0 Å². The fraction of sp³-hybridized carbons (Fsp3) is 0.400. The molecular weight excluding hydrogens is 356 g/mol. The minimum Gasteiger partial charge on any atom is -0.487 e. The number of nitrogens with zero attached hydrogens (tertiary/aromatic N) is 3. The Bertz CT molecular complexity index is 838. The van der Waals surface area contributed by atoms with E-state index < -0.39 is 0 Å². The summed E-state index contributed by atoms with van der Waals surface area (Å²) in [5, 5.41) is 9.49. The molecule has 3 rings (SSSR count). The van der Waals surface area contributed by atoms with Crippen molar-refractivity contribution in [2.75, 3.05) is 20.1 Å². The highest BCUT2D eigenvalue weighted by Gasteiger charge is 2.33. The van der Waals surface area contributed by atoms with Crippen molar-refractivity contribution in [3.05, 3.63) is 54.1 Å². The lowest BCUT2D eigenvalue weighted by molar-refractivity contribution is 0.0694. The molecule has 0 aliphatic carbocycles. The zero-order chi connectivity index (χ0) is 20.0. The lowest BCUT2D eigenvalue weighted by Crippen LogP contribution is -2.46. The number of amides is 1. The Morgan fingerprint density at radius 2 is 2.04 bits per heavy atom. The highest BCUT2D eigenvalue weighted by molar-refractivity contribution is 5.91. The summed E-state index contributed by atoms with van der Waals surface area (Å²) >= 11 is 0. The number of benzene rings is 1. The Hall–Kier alpha value is -3.16. The summed E-state index contributed by atoms with van der Waals surface area (Å²) in [5.41, 5.74) is 1.14. The molecule has 1 aromatic heterocycles. The van der Waals surface area contributed by atoms with Gasteiger partial charge in [-0.25, -0.2) is 4.98 Å². The van der Waals surface area contributed by atoms with Crippen LogP contribution in [-0.2, 0) is 0 Å². The molecule has 0 spiro atoms. The molecule has 0 radical (unpaired) electrons. The average molecular weight is 382 g/mol. The van der Waals surface area contributed by atoms with Crippen molar-refractivity contribution in [2.45, 2.75) is 31.9 Å². The van der Waals surface area contributed by atoms with Gasteiger partial charge in [0.2, 0.25) is 0 Å². The summed E-state index contributed by atoms with van der Waals surface area (Å²) < 4.78 is 6.07. The second-order valence-electron chi connectivity index (χ2n) is 7.15. The number of rotatable bonds is 5. The topological polar surface area (TPSA) is 101 Å². The molecule has 0 fully saturated rings. The standard InChI is InChI=1S/C20H26N6O2/c1-20(2)12-15(14-6-4-5-7-17(14)28-20)26-19(21-3)25-11-10-24-18(27)16-13-22-8-9-23-16/h4-9,13,15H,10-12H2,1-3H3,(H,24,27)(H2,21,25,26). The summed E-state index contributed by atoms with van der Waals surface area (Å²) in [6, 6.07) is 8.12. The first-order chi connectivity index (χ1) is 13.5. The van der Waals surface area contributed by atoms with Gasteiger partial charge in [0.25, 0.3) is 5.91 Å². The number of guanidine groups is 1. The van der Waals surface area contributed by atoms with Gasteiger partial charge in [-0.2, -0.15) is 0 Å². The molecule has 148 valence electrons. The van der Waals surface area contributed by atoms with Gasteiger partial charge in [0, 0.05) is 44.5 Å². The van der Waals surface area contributed by atoms with E-state index in [1.807, 2.05) is 18.2 Å². The van der Waals surface area contributed by atoms with E-state index in [0.717, 1.165) is 17.7 Å². The predicted octanol–water partition coefficient (Wildman–Crippen LogP) is 1.67. The van der Waals surface area contributed by atoms with Crippen LogP contribution in [0.3, 0.4) is 0 Å². The molecule has 1 atom stereocenters. The number of ether oxygens (including phenoxy) is 1. The van der Waals surface area contributed by atoms with Crippen LogP contribution in [0.25, 0.3) is 0 Å². The summed E-state index contributed by atoms with van der Waals surface area (Å²) in [6.07, 6.45) is 5.28. The summed E-state index contributed by atoms with van der Waals surface area (Å²) in [6.45, 7) is 5.12. The minimum absolute atomic E-state index is 0.0836. The smallest absolute Gasteiger partial charge is 0.271 e. The van der Waals surface area contributed by atoms with E-state index in [1.165, 1.54) is 18.6 Å². The van der Waals surface area contributed by atoms with Gasteiger partial charge < -0.3 is 20.7 Å². The number of carbonyl (C=O) groups excluding carboxylic acids is 1. The van der Waals surface area contributed by atoms with Crippen molar-refractivity contribution in [3.8, 4) is 5.75 Å². The maximum absolute atomic E-state index is 12.0. The molecule has 0 saturated heterocycles. The van der Waals surface area contributed by atoms with Gasteiger partial charge in [-0.1, -0.05) is 18.2 Å². The van der Waals surface area contributed by atoms with Gasteiger partial charge in [0.1, 0.15) is 17.0 Å². The van der Waals surface area contributed by atoms with Crippen molar-refractivity contribution >= 4 is 11.9 Å². The average Bonchev–Trinajstić information content (AvgIpc) is 2.69. The Kier molecular flexibility index (Phi) is 6.08. The Balaban J connectivity index is 1.53. The fourth-order valence-corrected chi connectivity index (χ4v) is 3.15.